The molecule has 0 bridgehead atoms. The van der Waals surface area contributed by atoms with Crippen molar-refractivity contribution in [1.29, 1.82) is 0 Å². The topological polar surface area (TPSA) is 84.9 Å². The van der Waals surface area contributed by atoms with Crippen LogP contribution in [0.2, 0.25) is 0 Å². The van der Waals surface area contributed by atoms with E-state index in [1.165, 1.54) is 11.4 Å². The van der Waals surface area contributed by atoms with E-state index in [9.17, 15) is 13.2 Å². The largest absolute Gasteiger partial charge is 0.496 e. The van der Waals surface area contributed by atoms with E-state index >= 15 is 0 Å². The average Bonchev–Trinajstić information content (AvgIpc) is 2.67. The SMILES string of the molecule is COc1ccccc1C(C)NC(=O)C(C)Oc1ccc(N(C)S(C)(=O)=O)cc1. The van der Waals surface area contributed by atoms with E-state index in [1.54, 1.807) is 38.3 Å². The Bertz CT molecular complexity index is 912. The fourth-order valence-corrected chi connectivity index (χ4v) is 3.12. The molecular formula is C20H26N2O5S. The highest BCUT2D eigenvalue weighted by molar-refractivity contribution is 7.92. The normalized spacial score (nSPS) is 13.3. The molecule has 0 aliphatic carbocycles. The van der Waals surface area contributed by atoms with E-state index in [1.807, 2.05) is 31.2 Å². The summed E-state index contributed by atoms with van der Waals surface area (Å²) in [6, 6.07) is 13.7. The predicted molar refractivity (Wildman–Crippen MR) is 109 cm³/mol. The maximum absolute atomic E-state index is 12.5. The van der Waals surface area contributed by atoms with Crippen LogP contribution in [0.1, 0.15) is 25.5 Å². The molecule has 2 unspecified atom stereocenters. The molecular weight excluding hydrogens is 380 g/mol. The number of benzene rings is 2. The van der Waals surface area contributed by atoms with E-state index in [0.717, 1.165) is 11.8 Å². The van der Waals surface area contributed by atoms with Gasteiger partial charge in [0, 0.05) is 12.6 Å². The molecule has 152 valence electrons. The van der Waals surface area contributed by atoms with Gasteiger partial charge in [0.1, 0.15) is 11.5 Å². The van der Waals surface area contributed by atoms with Gasteiger partial charge in [0.25, 0.3) is 5.91 Å². The van der Waals surface area contributed by atoms with Crippen molar-refractivity contribution >= 4 is 21.6 Å². The van der Waals surface area contributed by atoms with Crippen LogP contribution in [0, 0.1) is 0 Å². The first-order valence-electron chi connectivity index (χ1n) is 8.77. The quantitative estimate of drug-likeness (QED) is 0.729. The molecule has 0 aliphatic heterocycles. The van der Waals surface area contributed by atoms with Gasteiger partial charge >= 0.3 is 0 Å². The van der Waals surface area contributed by atoms with Crippen LogP contribution in [0.15, 0.2) is 48.5 Å². The van der Waals surface area contributed by atoms with Crippen molar-refractivity contribution in [2.75, 3.05) is 24.7 Å². The Morgan fingerprint density at radius 2 is 1.68 bits per heavy atom. The minimum Gasteiger partial charge on any atom is -0.496 e. The summed E-state index contributed by atoms with van der Waals surface area (Å²) < 4.78 is 35.3. The number of hydrogen-bond acceptors (Lipinski definition) is 5. The third-order valence-electron chi connectivity index (χ3n) is 4.34. The zero-order chi connectivity index (χ0) is 20.9. The van der Waals surface area contributed by atoms with Gasteiger partial charge in [0.15, 0.2) is 6.10 Å². The lowest BCUT2D eigenvalue weighted by molar-refractivity contribution is -0.127. The van der Waals surface area contributed by atoms with Crippen molar-refractivity contribution in [2.45, 2.75) is 26.0 Å². The number of ether oxygens (including phenoxy) is 2. The summed E-state index contributed by atoms with van der Waals surface area (Å²) in [5, 5.41) is 2.91. The van der Waals surface area contributed by atoms with E-state index in [2.05, 4.69) is 5.32 Å². The van der Waals surface area contributed by atoms with Gasteiger partial charge in [-0.3, -0.25) is 9.10 Å². The van der Waals surface area contributed by atoms with Gasteiger partial charge in [-0.15, -0.1) is 0 Å². The number of anilines is 1. The zero-order valence-corrected chi connectivity index (χ0v) is 17.5. The van der Waals surface area contributed by atoms with Crippen LogP contribution in [0.3, 0.4) is 0 Å². The van der Waals surface area contributed by atoms with Crippen LogP contribution in [-0.4, -0.2) is 40.8 Å². The molecule has 1 amide bonds. The van der Waals surface area contributed by atoms with E-state index in [4.69, 9.17) is 9.47 Å². The first-order chi connectivity index (χ1) is 13.1. The lowest BCUT2D eigenvalue weighted by Gasteiger charge is -2.21. The van der Waals surface area contributed by atoms with Crippen LogP contribution in [0.5, 0.6) is 11.5 Å². The standard InChI is InChI=1S/C20H26N2O5S/c1-14(18-8-6-7-9-19(18)26-4)21-20(23)15(2)27-17-12-10-16(11-13-17)22(3)28(5,24)25/h6-15H,1-5H3,(H,21,23). The first kappa shape index (κ1) is 21.6. The van der Waals surface area contributed by atoms with Crippen LogP contribution in [0.25, 0.3) is 0 Å². The molecule has 0 radical (unpaired) electrons. The lowest BCUT2D eigenvalue weighted by Crippen LogP contribution is -2.37. The van der Waals surface area contributed by atoms with E-state index < -0.39 is 16.1 Å². The fourth-order valence-electron chi connectivity index (χ4n) is 2.62. The van der Waals surface area contributed by atoms with E-state index in [0.29, 0.717) is 17.2 Å². The van der Waals surface area contributed by atoms with Crippen LogP contribution >= 0.6 is 0 Å². The molecule has 0 saturated carbocycles. The number of nitrogens with zero attached hydrogens (tertiary/aromatic N) is 1. The molecule has 0 heterocycles. The Hall–Kier alpha value is -2.74. The highest BCUT2D eigenvalue weighted by Gasteiger charge is 2.20. The molecule has 0 aliphatic rings. The predicted octanol–water partition coefficient (Wildman–Crippen LogP) is 2.74. The van der Waals surface area contributed by atoms with Gasteiger partial charge in [-0.05, 0) is 44.2 Å². The molecule has 7 nitrogen and oxygen atoms in total. The maximum atomic E-state index is 12.5. The molecule has 0 fully saturated rings. The Kier molecular flexibility index (Phi) is 6.90. The van der Waals surface area contributed by atoms with Crippen molar-refractivity contribution in [3.63, 3.8) is 0 Å². The van der Waals surface area contributed by atoms with Crippen LogP contribution in [-0.2, 0) is 14.8 Å². The average molecular weight is 407 g/mol. The lowest BCUT2D eigenvalue weighted by atomic mass is 10.1. The monoisotopic (exact) mass is 406 g/mol. The molecule has 2 atom stereocenters. The van der Waals surface area contributed by atoms with Crippen molar-refractivity contribution in [3.05, 3.63) is 54.1 Å². The van der Waals surface area contributed by atoms with Crippen molar-refractivity contribution in [2.24, 2.45) is 0 Å². The number of methoxy groups -OCH3 is 1. The number of hydrogen-bond donors (Lipinski definition) is 1. The molecule has 0 spiro atoms. The maximum Gasteiger partial charge on any atom is 0.261 e. The number of carbonyl (C=O) groups is 1. The second kappa shape index (κ2) is 8.97. The first-order valence-corrected chi connectivity index (χ1v) is 10.6. The third-order valence-corrected chi connectivity index (χ3v) is 5.55. The van der Waals surface area contributed by atoms with Gasteiger partial charge < -0.3 is 14.8 Å². The molecule has 0 saturated heterocycles. The highest BCUT2D eigenvalue weighted by atomic mass is 32.2. The van der Waals surface area contributed by atoms with Crippen molar-refractivity contribution in [3.8, 4) is 11.5 Å². The molecule has 2 rings (SSSR count). The van der Waals surface area contributed by atoms with Gasteiger partial charge in [-0.25, -0.2) is 8.42 Å². The van der Waals surface area contributed by atoms with Gasteiger partial charge in [-0.2, -0.15) is 0 Å². The number of amides is 1. The summed E-state index contributed by atoms with van der Waals surface area (Å²) in [6.07, 6.45) is 0.405. The molecule has 0 aromatic heterocycles. The Morgan fingerprint density at radius 1 is 1.07 bits per heavy atom. The number of para-hydroxylation sites is 1. The zero-order valence-electron chi connectivity index (χ0n) is 16.7. The number of sulfonamides is 1. The summed E-state index contributed by atoms with van der Waals surface area (Å²) in [7, 11) is -0.273. The second-order valence-electron chi connectivity index (χ2n) is 6.46. The van der Waals surface area contributed by atoms with Gasteiger partial charge in [-0.1, -0.05) is 18.2 Å². The van der Waals surface area contributed by atoms with Gasteiger partial charge in [0.05, 0.1) is 25.1 Å². The fraction of sp³-hybridized carbons (Fsp3) is 0.350. The minimum atomic E-state index is -3.33. The number of nitrogens with one attached hydrogen (secondary N) is 1. The highest BCUT2D eigenvalue weighted by Crippen LogP contribution is 2.25. The smallest absolute Gasteiger partial charge is 0.261 e. The van der Waals surface area contributed by atoms with Crippen LogP contribution in [0.4, 0.5) is 5.69 Å². The van der Waals surface area contributed by atoms with Crippen molar-refractivity contribution < 1.29 is 22.7 Å². The molecule has 2 aromatic rings. The summed E-state index contributed by atoms with van der Waals surface area (Å²) in [4.78, 5) is 12.5. The number of carbonyl (C=O) groups excluding carboxylic acids is 1. The number of rotatable bonds is 8. The molecule has 1 N–H and O–H groups in total. The Balaban J connectivity index is 2.00. The second-order valence-corrected chi connectivity index (χ2v) is 8.47. The summed E-state index contributed by atoms with van der Waals surface area (Å²) >= 11 is 0. The van der Waals surface area contributed by atoms with E-state index in [-0.39, 0.29) is 11.9 Å². The minimum absolute atomic E-state index is 0.250. The Labute approximate surface area is 166 Å². The Morgan fingerprint density at radius 3 is 2.25 bits per heavy atom. The summed E-state index contributed by atoms with van der Waals surface area (Å²) in [5.41, 5.74) is 1.38. The molecule has 8 heteroatoms. The molecule has 2 aromatic carbocycles. The summed E-state index contributed by atoms with van der Waals surface area (Å²) in [6.45, 7) is 3.53. The van der Waals surface area contributed by atoms with Crippen LogP contribution < -0.4 is 19.1 Å². The third kappa shape index (κ3) is 5.39. The van der Waals surface area contributed by atoms with Crippen molar-refractivity contribution in [1.82, 2.24) is 5.32 Å². The summed E-state index contributed by atoms with van der Waals surface area (Å²) in [5.74, 6) is 0.906. The van der Waals surface area contributed by atoms with Gasteiger partial charge in [0.2, 0.25) is 10.0 Å². The molecule has 28 heavy (non-hydrogen) atoms.